The average Bonchev–Trinajstić information content (AvgIpc) is 2.99. The number of unbranched alkanes of at least 4 members (excludes halogenated alkanes) is 1. The molecule has 2 rings (SSSR count). The Morgan fingerprint density at radius 1 is 1.24 bits per heavy atom. The Morgan fingerprint density at radius 3 is 2.81 bits per heavy atom. The summed E-state index contributed by atoms with van der Waals surface area (Å²) in [7, 11) is 3.34. The zero-order valence-corrected chi connectivity index (χ0v) is 13.6. The van der Waals surface area contributed by atoms with E-state index >= 15 is 0 Å². The maximum atomic E-state index is 5.42. The van der Waals surface area contributed by atoms with Gasteiger partial charge in [-0.2, -0.15) is 0 Å². The molecule has 0 fully saturated rings. The molecule has 0 aliphatic carbocycles. The van der Waals surface area contributed by atoms with Gasteiger partial charge in [0.2, 0.25) is 0 Å². The van der Waals surface area contributed by atoms with Crippen molar-refractivity contribution in [1.82, 2.24) is 10.3 Å². The van der Waals surface area contributed by atoms with Gasteiger partial charge in [-0.1, -0.05) is 13.3 Å². The summed E-state index contributed by atoms with van der Waals surface area (Å²) in [4.78, 5) is 4.68. The Balaban J connectivity index is 2.13. The van der Waals surface area contributed by atoms with Crippen molar-refractivity contribution < 1.29 is 9.47 Å². The summed E-state index contributed by atoms with van der Waals surface area (Å²) in [6.07, 6.45) is 2.40. The third-order valence-corrected chi connectivity index (χ3v) is 4.13. The van der Waals surface area contributed by atoms with Gasteiger partial charge in [-0.3, -0.25) is 0 Å². The standard InChI is InChI=1S/C16H22N2O2S/c1-4-5-8-17-10-12-11-21-16(18-12)14-9-13(19-2)6-7-15(14)20-3/h6-7,9,11,17H,4-5,8,10H2,1-3H3. The molecule has 1 aromatic carbocycles. The minimum absolute atomic E-state index is 0.808. The second kappa shape index (κ2) is 8.00. The van der Waals surface area contributed by atoms with Crippen LogP contribution < -0.4 is 14.8 Å². The molecule has 0 saturated carbocycles. The van der Waals surface area contributed by atoms with Crippen molar-refractivity contribution in [3.63, 3.8) is 0 Å². The molecule has 0 atom stereocenters. The Labute approximate surface area is 130 Å². The third kappa shape index (κ3) is 4.19. The molecule has 0 aliphatic heterocycles. The first-order chi connectivity index (χ1) is 10.3. The number of hydrogen-bond acceptors (Lipinski definition) is 5. The smallest absolute Gasteiger partial charge is 0.129 e. The van der Waals surface area contributed by atoms with Crippen LogP contribution in [-0.4, -0.2) is 25.7 Å². The summed E-state index contributed by atoms with van der Waals surface area (Å²) in [6, 6.07) is 5.77. The molecular formula is C16H22N2O2S. The molecule has 0 radical (unpaired) electrons. The molecule has 4 nitrogen and oxygen atoms in total. The predicted molar refractivity (Wildman–Crippen MR) is 87.3 cm³/mol. The van der Waals surface area contributed by atoms with Gasteiger partial charge in [0.05, 0.1) is 25.5 Å². The molecule has 0 amide bonds. The van der Waals surface area contributed by atoms with Crippen molar-refractivity contribution in [3.05, 3.63) is 29.3 Å². The molecule has 5 heteroatoms. The minimum atomic E-state index is 0.808. The number of nitrogens with one attached hydrogen (secondary N) is 1. The summed E-state index contributed by atoms with van der Waals surface area (Å²) in [5.41, 5.74) is 2.04. The minimum Gasteiger partial charge on any atom is -0.497 e. The van der Waals surface area contributed by atoms with Crippen molar-refractivity contribution >= 4 is 11.3 Å². The quantitative estimate of drug-likeness (QED) is 0.755. The maximum absolute atomic E-state index is 5.42. The van der Waals surface area contributed by atoms with Crippen molar-refractivity contribution in [2.24, 2.45) is 0 Å². The summed E-state index contributed by atoms with van der Waals surface area (Å²) < 4.78 is 10.7. The van der Waals surface area contributed by atoms with Crippen molar-refractivity contribution in [2.45, 2.75) is 26.3 Å². The van der Waals surface area contributed by atoms with Gasteiger partial charge >= 0.3 is 0 Å². The molecule has 0 saturated heterocycles. The molecule has 2 aromatic rings. The highest BCUT2D eigenvalue weighted by atomic mass is 32.1. The SMILES string of the molecule is CCCCNCc1csc(-c2cc(OC)ccc2OC)n1. The molecule has 0 spiro atoms. The van der Waals surface area contributed by atoms with Crippen LogP contribution in [0.1, 0.15) is 25.5 Å². The van der Waals surface area contributed by atoms with E-state index in [0.29, 0.717) is 0 Å². The van der Waals surface area contributed by atoms with Gasteiger partial charge in [-0.25, -0.2) is 4.98 Å². The molecular weight excluding hydrogens is 284 g/mol. The van der Waals surface area contributed by atoms with Crippen LogP contribution in [-0.2, 0) is 6.54 Å². The molecule has 0 bridgehead atoms. The first-order valence-corrected chi connectivity index (χ1v) is 8.04. The lowest BCUT2D eigenvalue weighted by Gasteiger charge is -2.08. The molecule has 1 aromatic heterocycles. The highest BCUT2D eigenvalue weighted by Crippen LogP contribution is 2.35. The van der Waals surface area contributed by atoms with E-state index in [1.807, 2.05) is 18.2 Å². The molecule has 0 unspecified atom stereocenters. The second-order valence-electron chi connectivity index (χ2n) is 4.74. The van der Waals surface area contributed by atoms with Crippen LogP contribution in [0.25, 0.3) is 10.6 Å². The summed E-state index contributed by atoms with van der Waals surface area (Å²) in [5, 5.41) is 6.45. The van der Waals surface area contributed by atoms with E-state index in [9.17, 15) is 0 Å². The van der Waals surface area contributed by atoms with Crippen LogP contribution in [0.3, 0.4) is 0 Å². The van der Waals surface area contributed by atoms with E-state index in [1.165, 1.54) is 12.8 Å². The molecule has 114 valence electrons. The third-order valence-electron chi connectivity index (χ3n) is 3.20. The molecule has 21 heavy (non-hydrogen) atoms. The largest absolute Gasteiger partial charge is 0.497 e. The Morgan fingerprint density at radius 2 is 2.10 bits per heavy atom. The normalized spacial score (nSPS) is 10.6. The van der Waals surface area contributed by atoms with E-state index in [0.717, 1.165) is 40.9 Å². The number of ether oxygens (including phenoxy) is 2. The van der Waals surface area contributed by atoms with Crippen LogP contribution >= 0.6 is 11.3 Å². The van der Waals surface area contributed by atoms with Crippen molar-refractivity contribution in [3.8, 4) is 22.1 Å². The van der Waals surface area contributed by atoms with E-state index in [-0.39, 0.29) is 0 Å². The first-order valence-electron chi connectivity index (χ1n) is 7.16. The monoisotopic (exact) mass is 306 g/mol. The topological polar surface area (TPSA) is 43.4 Å². The fraction of sp³-hybridized carbons (Fsp3) is 0.438. The maximum Gasteiger partial charge on any atom is 0.129 e. The summed E-state index contributed by atoms with van der Waals surface area (Å²) in [6.45, 7) is 4.03. The van der Waals surface area contributed by atoms with Gasteiger partial charge in [0.15, 0.2) is 0 Å². The number of hydrogen-bond donors (Lipinski definition) is 1. The fourth-order valence-electron chi connectivity index (χ4n) is 2.01. The number of thiazole rings is 1. The number of benzene rings is 1. The van der Waals surface area contributed by atoms with Crippen LogP contribution in [0.15, 0.2) is 23.6 Å². The van der Waals surface area contributed by atoms with Gasteiger partial charge < -0.3 is 14.8 Å². The van der Waals surface area contributed by atoms with Crippen LogP contribution in [0.2, 0.25) is 0 Å². The highest BCUT2D eigenvalue weighted by molar-refractivity contribution is 7.13. The van der Waals surface area contributed by atoms with Crippen LogP contribution in [0, 0.1) is 0 Å². The van der Waals surface area contributed by atoms with E-state index < -0.39 is 0 Å². The number of aromatic nitrogens is 1. The highest BCUT2D eigenvalue weighted by Gasteiger charge is 2.11. The van der Waals surface area contributed by atoms with E-state index in [2.05, 4.69) is 22.6 Å². The van der Waals surface area contributed by atoms with Gasteiger partial charge in [0.25, 0.3) is 0 Å². The molecule has 1 N–H and O–H groups in total. The number of methoxy groups -OCH3 is 2. The van der Waals surface area contributed by atoms with E-state index in [4.69, 9.17) is 9.47 Å². The van der Waals surface area contributed by atoms with Gasteiger partial charge in [-0.15, -0.1) is 11.3 Å². The molecule has 1 heterocycles. The Kier molecular flexibility index (Phi) is 6.02. The van der Waals surface area contributed by atoms with E-state index in [1.54, 1.807) is 25.6 Å². The summed E-state index contributed by atoms with van der Waals surface area (Å²) >= 11 is 1.63. The number of nitrogens with zero attached hydrogens (tertiary/aromatic N) is 1. The van der Waals surface area contributed by atoms with Gasteiger partial charge in [0, 0.05) is 11.9 Å². The first kappa shape index (κ1) is 15.8. The Bertz CT molecular complexity index is 569. The van der Waals surface area contributed by atoms with Crippen LogP contribution in [0.4, 0.5) is 0 Å². The van der Waals surface area contributed by atoms with Crippen LogP contribution in [0.5, 0.6) is 11.5 Å². The lowest BCUT2D eigenvalue weighted by atomic mass is 10.2. The number of rotatable bonds is 8. The van der Waals surface area contributed by atoms with Gasteiger partial charge in [-0.05, 0) is 31.2 Å². The van der Waals surface area contributed by atoms with Crippen molar-refractivity contribution in [2.75, 3.05) is 20.8 Å². The predicted octanol–water partition coefficient (Wildman–Crippen LogP) is 3.72. The fourth-order valence-corrected chi connectivity index (χ4v) is 2.85. The van der Waals surface area contributed by atoms with Gasteiger partial charge in [0.1, 0.15) is 16.5 Å². The molecule has 0 aliphatic rings. The zero-order valence-electron chi connectivity index (χ0n) is 12.8. The zero-order chi connectivity index (χ0) is 15.1. The average molecular weight is 306 g/mol. The lowest BCUT2D eigenvalue weighted by molar-refractivity contribution is 0.404. The van der Waals surface area contributed by atoms with Crippen molar-refractivity contribution in [1.29, 1.82) is 0 Å². The Hall–Kier alpha value is -1.59. The lowest BCUT2D eigenvalue weighted by Crippen LogP contribution is -2.14. The summed E-state index contributed by atoms with van der Waals surface area (Å²) in [5.74, 6) is 1.62. The second-order valence-corrected chi connectivity index (χ2v) is 5.60.